The highest BCUT2D eigenvalue weighted by Crippen LogP contribution is 2.29. The first-order valence-corrected chi connectivity index (χ1v) is 6.01. The number of benzene rings is 2. The van der Waals surface area contributed by atoms with E-state index in [9.17, 15) is 10.2 Å². The second kappa shape index (κ2) is 5.38. The number of hydrogen-bond acceptors (Lipinski definition) is 3. The summed E-state index contributed by atoms with van der Waals surface area (Å²) < 4.78 is 0. The number of para-hydroxylation sites is 1. The van der Waals surface area contributed by atoms with E-state index < -0.39 is 0 Å². The lowest BCUT2D eigenvalue weighted by Gasteiger charge is -2.09. The summed E-state index contributed by atoms with van der Waals surface area (Å²) in [6.45, 7) is 0.358. The maximum Gasteiger partial charge on any atom is 0.162 e. The molecule has 3 N–H and O–H groups in total. The van der Waals surface area contributed by atoms with Crippen LogP contribution in [0.1, 0.15) is 5.56 Å². The molecule has 0 unspecified atom stereocenters. The smallest absolute Gasteiger partial charge is 0.162 e. The number of halogens is 2. The van der Waals surface area contributed by atoms with E-state index >= 15 is 0 Å². The van der Waals surface area contributed by atoms with E-state index in [-0.39, 0.29) is 11.5 Å². The van der Waals surface area contributed by atoms with Gasteiger partial charge in [-0.2, -0.15) is 0 Å². The molecule has 0 fully saturated rings. The van der Waals surface area contributed by atoms with Crippen LogP contribution in [0.5, 0.6) is 11.5 Å². The zero-order valence-corrected chi connectivity index (χ0v) is 10.8. The SMILES string of the molecule is Oc1cccc(CNc2cc(Cl)cc(Cl)c2)c1O. The molecule has 0 aliphatic heterocycles. The largest absolute Gasteiger partial charge is 0.504 e. The van der Waals surface area contributed by atoms with E-state index in [0.29, 0.717) is 22.2 Å². The minimum absolute atomic E-state index is 0.127. The first kappa shape index (κ1) is 12.9. The van der Waals surface area contributed by atoms with E-state index in [4.69, 9.17) is 23.2 Å². The van der Waals surface area contributed by atoms with Gasteiger partial charge in [0, 0.05) is 27.8 Å². The van der Waals surface area contributed by atoms with Crippen LogP contribution < -0.4 is 5.32 Å². The van der Waals surface area contributed by atoms with Gasteiger partial charge in [-0.25, -0.2) is 0 Å². The molecule has 0 aromatic heterocycles. The number of aromatic hydroxyl groups is 2. The quantitative estimate of drug-likeness (QED) is 0.746. The van der Waals surface area contributed by atoms with Crippen LogP contribution in [0.4, 0.5) is 5.69 Å². The number of phenolic OH excluding ortho intramolecular Hbond substituents is 2. The molecule has 94 valence electrons. The number of phenols is 2. The monoisotopic (exact) mass is 283 g/mol. The van der Waals surface area contributed by atoms with Gasteiger partial charge in [-0.15, -0.1) is 0 Å². The normalized spacial score (nSPS) is 10.3. The minimum atomic E-state index is -0.140. The van der Waals surface area contributed by atoms with Crippen LogP contribution in [0.2, 0.25) is 10.0 Å². The second-order valence-corrected chi connectivity index (χ2v) is 4.67. The third-order valence-electron chi connectivity index (χ3n) is 2.44. The Balaban J connectivity index is 2.14. The molecule has 0 bridgehead atoms. The minimum Gasteiger partial charge on any atom is -0.504 e. The first-order valence-electron chi connectivity index (χ1n) is 5.26. The fourth-order valence-corrected chi connectivity index (χ4v) is 2.10. The Bertz CT molecular complexity index is 553. The lowest BCUT2D eigenvalue weighted by molar-refractivity contribution is 0.400. The van der Waals surface area contributed by atoms with Crippen molar-refractivity contribution >= 4 is 28.9 Å². The van der Waals surface area contributed by atoms with Gasteiger partial charge in [0.05, 0.1) is 0 Å². The molecule has 2 rings (SSSR count). The highest BCUT2D eigenvalue weighted by atomic mass is 35.5. The Morgan fingerprint density at radius 1 is 1.00 bits per heavy atom. The lowest BCUT2D eigenvalue weighted by Crippen LogP contribution is -1.99. The molecule has 5 heteroatoms. The maximum atomic E-state index is 9.64. The Kier molecular flexibility index (Phi) is 3.84. The lowest BCUT2D eigenvalue weighted by atomic mass is 10.2. The third-order valence-corrected chi connectivity index (χ3v) is 2.88. The highest BCUT2D eigenvalue weighted by molar-refractivity contribution is 6.35. The fourth-order valence-electron chi connectivity index (χ4n) is 1.57. The standard InChI is InChI=1S/C13H11Cl2NO2/c14-9-4-10(15)6-11(5-9)16-7-8-2-1-3-12(17)13(8)18/h1-6,16-18H,7H2. The van der Waals surface area contributed by atoms with Crippen LogP contribution in [0.3, 0.4) is 0 Å². The van der Waals surface area contributed by atoms with Crippen molar-refractivity contribution in [3.05, 3.63) is 52.0 Å². The van der Waals surface area contributed by atoms with Gasteiger partial charge in [0.25, 0.3) is 0 Å². The van der Waals surface area contributed by atoms with Crippen LogP contribution in [-0.4, -0.2) is 10.2 Å². The summed E-state index contributed by atoms with van der Waals surface area (Å²) in [5.41, 5.74) is 1.33. The van der Waals surface area contributed by atoms with E-state index in [0.717, 1.165) is 5.69 Å². The number of nitrogens with one attached hydrogen (secondary N) is 1. The molecule has 0 heterocycles. The van der Waals surface area contributed by atoms with Crippen LogP contribution in [-0.2, 0) is 6.54 Å². The van der Waals surface area contributed by atoms with Crippen molar-refractivity contribution in [2.45, 2.75) is 6.54 Å². The molecule has 0 aliphatic carbocycles. The van der Waals surface area contributed by atoms with Gasteiger partial charge in [0.2, 0.25) is 0 Å². The molecule has 0 amide bonds. The van der Waals surface area contributed by atoms with Crippen molar-refractivity contribution in [1.29, 1.82) is 0 Å². The predicted octanol–water partition coefficient (Wildman–Crippen LogP) is 4.02. The summed E-state index contributed by atoms with van der Waals surface area (Å²) in [6, 6.07) is 9.90. The van der Waals surface area contributed by atoms with Crippen LogP contribution in [0.25, 0.3) is 0 Å². The van der Waals surface area contributed by atoms with Crippen LogP contribution in [0.15, 0.2) is 36.4 Å². The molecular formula is C13H11Cl2NO2. The van der Waals surface area contributed by atoms with Crippen molar-refractivity contribution in [2.75, 3.05) is 5.32 Å². The topological polar surface area (TPSA) is 52.5 Å². The van der Waals surface area contributed by atoms with Crippen LogP contribution in [0, 0.1) is 0 Å². The van der Waals surface area contributed by atoms with Crippen molar-refractivity contribution in [3.63, 3.8) is 0 Å². The molecular weight excluding hydrogens is 273 g/mol. The van der Waals surface area contributed by atoms with E-state index in [2.05, 4.69) is 5.32 Å². The van der Waals surface area contributed by atoms with Gasteiger partial charge < -0.3 is 15.5 Å². The summed E-state index contributed by atoms with van der Waals surface area (Å²) in [7, 11) is 0. The van der Waals surface area contributed by atoms with E-state index in [1.54, 1.807) is 30.3 Å². The summed E-state index contributed by atoms with van der Waals surface area (Å²) >= 11 is 11.7. The molecule has 0 spiro atoms. The third kappa shape index (κ3) is 3.00. The molecule has 18 heavy (non-hydrogen) atoms. The van der Waals surface area contributed by atoms with Crippen molar-refractivity contribution in [1.82, 2.24) is 0 Å². The van der Waals surface area contributed by atoms with Crippen LogP contribution >= 0.6 is 23.2 Å². The molecule has 0 saturated heterocycles. The summed E-state index contributed by atoms with van der Waals surface area (Å²) in [5, 5.41) is 23.1. The second-order valence-electron chi connectivity index (χ2n) is 3.80. The van der Waals surface area contributed by atoms with Gasteiger partial charge in [0.15, 0.2) is 11.5 Å². The zero-order chi connectivity index (χ0) is 13.1. The molecule has 3 nitrogen and oxygen atoms in total. The van der Waals surface area contributed by atoms with E-state index in [1.807, 2.05) is 0 Å². The highest BCUT2D eigenvalue weighted by Gasteiger charge is 2.05. The zero-order valence-electron chi connectivity index (χ0n) is 9.32. The van der Waals surface area contributed by atoms with Crippen molar-refractivity contribution < 1.29 is 10.2 Å². The van der Waals surface area contributed by atoms with Crippen molar-refractivity contribution in [2.24, 2.45) is 0 Å². The molecule has 2 aromatic carbocycles. The summed E-state index contributed by atoms with van der Waals surface area (Å²) in [4.78, 5) is 0. The Hall–Kier alpha value is -1.58. The average molecular weight is 284 g/mol. The van der Waals surface area contributed by atoms with E-state index in [1.165, 1.54) is 6.07 Å². The van der Waals surface area contributed by atoms with Gasteiger partial charge >= 0.3 is 0 Å². The van der Waals surface area contributed by atoms with Gasteiger partial charge in [-0.05, 0) is 24.3 Å². The Morgan fingerprint density at radius 2 is 1.67 bits per heavy atom. The van der Waals surface area contributed by atoms with Gasteiger partial charge in [0.1, 0.15) is 0 Å². The molecule has 0 atom stereocenters. The van der Waals surface area contributed by atoms with Gasteiger partial charge in [-0.1, -0.05) is 35.3 Å². The number of rotatable bonds is 3. The first-order chi connectivity index (χ1) is 8.56. The van der Waals surface area contributed by atoms with Crippen molar-refractivity contribution in [3.8, 4) is 11.5 Å². The molecule has 2 aromatic rings. The Labute approximate surface area is 115 Å². The summed E-state index contributed by atoms with van der Waals surface area (Å²) in [5.74, 6) is -0.267. The fraction of sp³-hybridized carbons (Fsp3) is 0.0769. The summed E-state index contributed by atoms with van der Waals surface area (Å²) in [6.07, 6.45) is 0. The number of hydrogen-bond donors (Lipinski definition) is 3. The maximum absolute atomic E-state index is 9.64. The Morgan fingerprint density at radius 3 is 2.33 bits per heavy atom. The average Bonchev–Trinajstić information content (AvgIpc) is 2.30. The van der Waals surface area contributed by atoms with Gasteiger partial charge in [-0.3, -0.25) is 0 Å². The predicted molar refractivity (Wildman–Crippen MR) is 73.6 cm³/mol. The molecule has 0 radical (unpaired) electrons. The number of anilines is 1. The molecule has 0 saturated carbocycles. The molecule has 0 aliphatic rings.